The van der Waals surface area contributed by atoms with E-state index in [9.17, 15) is 9.18 Å². The Hall–Kier alpha value is 0.137. The van der Waals surface area contributed by atoms with Crippen molar-refractivity contribution in [1.82, 2.24) is 0 Å². The molecule has 0 aromatic carbocycles. The SMILES string of the molecule is CC1=[C-]C(C)C(C)=C1C.[CH3][GeH][CH3].[NH-]C(=O)C12CC3CC(CC(F)(C3)C1)C2.[Ti+2]. The van der Waals surface area contributed by atoms with E-state index in [1.807, 2.05) is 0 Å². The van der Waals surface area contributed by atoms with Crippen LogP contribution in [0.5, 0.6) is 0 Å². The molecule has 4 bridgehead atoms. The maximum absolute atomic E-state index is 14.3. The van der Waals surface area contributed by atoms with Gasteiger partial charge in [0.1, 0.15) is 5.67 Å². The van der Waals surface area contributed by atoms with Crippen LogP contribution in [0, 0.1) is 29.2 Å². The van der Waals surface area contributed by atoms with Gasteiger partial charge in [0.15, 0.2) is 0 Å². The molecule has 3 unspecified atom stereocenters. The summed E-state index contributed by atoms with van der Waals surface area (Å²) in [5, 5.41) is 0. The summed E-state index contributed by atoms with van der Waals surface area (Å²) in [6.45, 7) is 8.67. The molecule has 0 aromatic rings. The second kappa shape index (κ2) is 9.76. The third kappa shape index (κ3) is 5.60. The zero-order valence-corrected chi connectivity index (χ0v) is 21.8. The van der Waals surface area contributed by atoms with Gasteiger partial charge in [0.05, 0.1) is 5.91 Å². The molecule has 0 heterocycles. The number of rotatable bonds is 1. The van der Waals surface area contributed by atoms with Crippen molar-refractivity contribution in [2.75, 3.05) is 0 Å². The van der Waals surface area contributed by atoms with Gasteiger partial charge >= 0.3 is 48.7 Å². The second-order valence-corrected chi connectivity index (χ2v) is 11.5. The molecule has 0 aliphatic heterocycles. The fourth-order valence-corrected chi connectivity index (χ4v) is 5.58. The summed E-state index contributed by atoms with van der Waals surface area (Å²) >= 11 is 0.312. The molecule has 4 saturated carbocycles. The second-order valence-electron chi connectivity index (χ2n) is 9.10. The van der Waals surface area contributed by atoms with Crippen LogP contribution in [-0.2, 0) is 26.5 Å². The zero-order valence-electron chi connectivity index (χ0n) is 17.8. The molecule has 5 heteroatoms. The van der Waals surface area contributed by atoms with Crippen molar-refractivity contribution >= 4 is 21.3 Å². The summed E-state index contributed by atoms with van der Waals surface area (Å²) in [6.07, 6.45) is 7.68. The average Bonchev–Trinajstić information content (AvgIpc) is 2.72. The van der Waals surface area contributed by atoms with Crippen molar-refractivity contribution < 1.29 is 30.9 Å². The summed E-state index contributed by atoms with van der Waals surface area (Å²) in [6, 6.07) is 0. The first-order valence-corrected chi connectivity index (χ1v) is 14.9. The van der Waals surface area contributed by atoms with E-state index < -0.39 is 17.0 Å². The maximum atomic E-state index is 14.3. The van der Waals surface area contributed by atoms with Crippen molar-refractivity contribution in [1.29, 1.82) is 0 Å². The predicted molar refractivity (Wildman–Crippen MR) is 109 cm³/mol. The largest absolute Gasteiger partial charge is 2.00 e. The van der Waals surface area contributed by atoms with E-state index in [-0.39, 0.29) is 21.7 Å². The van der Waals surface area contributed by atoms with Crippen LogP contribution < -0.4 is 0 Å². The minimum absolute atomic E-state index is 0. The normalized spacial score (nSPS) is 38.2. The van der Waals surface area contributed by atoms with Gasteiger partial charge in [0.2, 0.25) is 0 Å². The molecule has 4 fully saturated rings. The number of carbonyl (C=O) groups is 1. The number of hydrogen-bond donors (Lipinski definition) is 0. The monoisotopic (exact) mass is 470 g/mol. The van der Waals surface area contributed by atoms with Crippen LogP contribution in [0.2, 0.25) is 11.5 Å². The van der Waals surface area contributed by atoms with E-state index >= 15 is 0 Å². The first-order chi connectivity index (χ1) is 12.1. The molecule has 5 rings (SSSR count). The average molecular weight is 469 g/mol. The number of carbonyl (C=O) groups excluding carboxylic acids is 1. The molecule has 0 aromatic heterocycles. The fourth-order valence-electron chi connectivity index (χ4n) is 5.58. The van der Waals surface area contributed by atoms with Gasteiger partial charge in [-0.25, -0.2) is 9.96 Å². The van der Waals surface area contributed by atoms with Crippen LogP contribution in [0.4, 0.5) is 4.39 Å². The third-order valence-corrected chi connectivity index (χ3v) is 6.71. The molecule has 149 valence electrons. The smallest absolute Gasteiger partial charge is 0.667 e. The Labute approximate surface area is 186 Å². The molecule has 2 nitrogen and oxygen atoms in total. The Bertz CT molecular complexity index is 601. The van der Waals surface area contributed by atoms with Crippen LogP contribution in [0.15, 0.2) is 16.7 Å². The fraction of sp³-hybridized carbons (Fsp3) is 0.773. The Morgan fingerprint density at radius 2 is 1.63 bits per heavy atom. The van der Waals surface area contributed by atoms with Crippen molar-refractivity contribution in [2.45, 2.75) is 83.4 Å². The molecule has 5 aliphatic carbocycles. The molecule has 1 amide bonds. The maximum Gasteiger partial charge on any atom is 2.00 e. The predicted octanol–water partition coefficient (Wildman–Crippen LogP) is 6.11. The van der Waals surface area contributed by atoms with Crippen LogP contribution in [0.3, 0.4) is 0 Å². The third-order valence-electron chi connectivity index (χ3n) is 6.71. The van der Waals surface area contributed by atoms with Gasteiger partial charge in [-0.15, -0.1) is 6.92 Å². The van der Waals surface area contributed by atoms with Crippen LogP contribution in [0.1, 0.15) is 66.2 Å². The van der Waals surface area contributed by atoms with Gasteiger partial charge in [0.25, 0.3) is 0 Å². The number of alkyl halides is 1. The number of hydrogen-bond acceptors (Lipinski definition) is 1. The number of nitrogens with one attached hydrogen (secondary N) is 1. The number of amides is 1. The molecular weight excluding hydrogens is 434 g/mol. The molecule has 0 saturated heterocycles. The van der Waals surface area contributed by atoms with E-state index in [1.54, 1.807) is 0 Å². The minimum atomic E-state index is -1.10. The van der Waals surface area contributed by atoms with E-state index in [4.69, 9.17) is 5.73 Å². The number of halogens is 1. The summed E-state index contributed by atoms with van der Waals surface area (Å²) in [4.78, 5) is 11.3. The first-order valence-electron chi connectivity index (χ1n) is 10.0. The summed E-state index contributed by atoms with van der Waals surface area (Å²) in [7, 11) is 0. The Balaban J connectivity index is 0.000000245. The Morgan fingerprint density at radius 3 is 1.89 bits per heavy atom. The standard InChI is InChI=1S/C11H16FNO.C9H13.C2H7Ge.Ti/c12-11-4-7-1-8(5-11)3-10(2-7,6-11)9(13)14;1-6-5-7(2)9(4)8(6)3;1-3-2;/h7-8H,1-6H2,(H2,13,14);6H,1-4H3;3H,1-2H3;/q;-1;;+2/p-1. The topological polar surface area (TPSA) is 40.9 Å². The van der Waals surface area contributed by atoms with Crippen molar-refractivity contribution in [3.63, 3.8) is 0 Å². The van der Waals surface area contributed by atoms with E-state index in [0.29, 0.717) is 52.4 Å². The van der Waals surface area contributed by atoms with Crippen LogP contribution >= 0.6 is 0 Å². The van der Waals surface area contributed by atoms with Gasteiger partial charge in [-0.2, -0.15) is 11.1 Å². The van der Waals surface area contributed by atoms with Crippen molar-refractivity contribution in [3.05, 3.63) is 28.5 Å². The van der Waals surface area contributed by atoms with Crippen molar-refractivity contribution in [3.8, 4) is 0 Å². The van der Waals surface area contributed by atoms with Crippen LogP contribution in [-0.4, -0.2) is 27.0 Å². The van der Waals surface area contributed by atoms with Gasteiger partial charge in [-0.3, -0.25) is 6.08 Å². The van der Waals surface area contributed by atoms with E-state index in [1.165, 1.54) is 16.7 Å². The quantitative estimate of drug-likeness (QED) is 0.338. The van der Waals surface area contributed by atoms with Crippen molar-refractivity contribution in [2.24, 2.45) is 23.2 Å². The zero-order chi connectivity index (χ0) is 19.7. The van der Waals surface area contributed by atoms with Gasteiger partial charge in [-0.05, 0) is 50.4 Å². The van der Waals surface area contributed by atoms with Gasteiger partial charge in [0, 0.05) is 5.41 Å². The van der Waals surface area contributed by atoms with Gasteiger partial charge in [-0.1, -0.05) is 26.7 Å². The molecule has 5 aliphatic rings. The van der Waals surface area contributed by atoms with Crippen LogP contribution in [0.25, 0.3) is 5.73 Å². The Morgan fingerprint density at radius 1 is 1.15 bits per heavy atom. The molecule has 1 N–H and O–H groups in total. The van der Waals surface area contributed by atoms with E-state index in [0.717, 1.165) is 19.3 Å². The minimum Gasteiger partial charge on any atom is -0.667 e. The Kier molecular flexibility index (Phi) is 9.10. The van der Waals surface area contributed by atoms with Gasteiger partial charge < -0.3 is 10.5 Å². The summed E-state index contributed by atoms with van der Waals surface area (Å²) in [5.74, 6) is 5.39. The van der Waals surface area contributed by atoms with E-state index in [2.05, 4.69) is 45.3 Å². The molecule has 3 atom stereocenters. The summed E-state index contributed by atoms with van der Waals surface area (Å²) in [5.41, 5.74) is 9.90. The molecule has 27 heavy (non-hydrogen) atoms. The molecule has 0 spiro atoms. The molecule has 1 radical (unpaired) electrons. The first kappa shape index (κ1) is 25.2. The molecular formula is C22H35FGeNOTi. The number of allylic oxidation sites excluding steroid dienone is 4. The summed E-state index contributed by atoms with van der Waals surface area (Å²) < 4.78 is 14.3.